The average molecular weight is 327 g/mol. The first kappa shape index (κ1) is 16.5. The van der Waals surface area contributed by atoms with Crippen LogP contribution in [0.2, 0.25) is 0 Å². The molecule has 1 amide bonds. The fourth-order valence-electron chi connectivity index (χ4n) is 2.69. The molecule has 120 valence electrons. The van der Waals surface area contributed by atoms with Crippen LogP contribution in [-0.2, 0) is 7.05 Å². The van der Waals surface area contributed by atoms with Crippen LogP contribution in [0.3, 0.4) is 0 Å². The van der Waals surface area contributed by atoms with E-state index in [1.807, 2.05) is 0 Å². The second-order valence-corrected chi connectivity index (χ2v) is 5.39. The number of aryl methyl sites for hydroxylation is 2. The van der Waals surface area contributed by atoms with Crippen molar-refractivity contribution in [1.82, 2.24) is 20.2 Å². The minimum atomic E-state index is -0.274. The summed E-state index contributed by atoms with van der Waals surface area (Å²) in [6.07, 6.45) is 3.35. The number of halogens is 1. The molecule has 3 heterocycles. The Balaban J connectivity index is 0.00000176. The molecule has 22 heavy (non-hydrogen) atoms. The maximum Gasteiger partial charge on any atom is 0.265 e. The van der Waals surface area contributed by atoms with Crippen LogP contribution in [0.4, 0.5) is 0 Å². The van der Waals surface area contributed by atoms with Crippen molar-refractivity contribution in [2.45, 2.75) is 25.8 Å². The second kappa shape index (κ2) is 6.50. The summed E-state index contributed by atoms with van der Waals surface area (Å²) in [5.41, 5.74) is 0.232. The predicted molar refractivity (Wildman–Crippen MR) is 84.6 cm³/mol. The molecule has 0 aromatic carbocycles. The van der Waals surface area contributed by atoms with Crippen LogP contribution >= 0.6 is 12.4 Å². The molecular formula is C14H19ClN4O3. The molecule has 3 rings (SSSR count). The van der Waals surface area contributed by atoms with Gasteiger partial charge in [0, 0.05) is 19.6 Å². The lowest BCUT2D eigenvalue weighted by Gasteiger charge is -2.23. The molecule has 1 atom stereocenters. The first-order valence-corrected chi connectivity index (χ1v) is 7.04. The predicted octanol–water partition coefficient (Wildman–Crippen LogP) is 0.739. The van der Waals surface area contributed by atoms with E-state index in [1.165, 1.54) is 10.9 Å². The first-order valence-electron chi connectivity index (χ1n) is 7.04. The fourth-order valence-corrected chi connectivity index (χ4v) is 2.69. The summed E-state index contributed by atoms with van der Waals surface area (Å²) in [6, 6.07) is 0.0797. The summed E-state index contributed by atoms with van der Waals surface area (Å²) in [4.78, 5) is 28.8. The molecule has 0 radical (unpaired) electrons. The summed E-state index contributed by atoms with van der Waals surface area (Å²) < 4.78 is 6.79. The van der Waals surface area contributed by atoms with E-state index in [4.69, 9.17) is 4.42 Å². The van der Waals surface area contributed by atoms with E-state index in [9.17, 15) is 9.59 Å². The third kappa shape index (κ3) is 2.86. The molecule has 2 N–H and O–H groups in total. The van der Waals surface area contributed by atoms with Crippen LogP contribution in [0.15, 0.2) is 15.5 Å². The van der Waals surface area contributed by atoms with Gasteiger partial charge in [-0.3, -0.25) is 9.59 Å². The number of nitrogens with one attached hydrogen (secondary N) is 2. The Morgan fingerprint density at radius 2 is 2.32 bits per heavy atom. The smallest absolute Gasteiger partial charge is 0.265 e. The Kier molecular flexibility index (Phi) is 4.87. The van der Waals surface area contributed by atoms with Gasteiger partial charge in [-0.1, -0.05) is 0 Å². The van der Waals surface area contributed by atoms with Gasteiger partial charge in [0.05, 0.1) is 5.56 Å². The van der Waals surface area contributed by atoms with Gasteiger partial charge in [0.25, 0.3) is 11.5 Å². The molecule has 0 unspecified atom stereocenters. The van der Waals surface area contributed by atoms with E-state index in [1.54, 1.807) is 14.0 Å². The lowest BCUT2D eigenvalue weighted by atomic mass is 10.1. The summed E-state index contributed by atoms with van der Waals surface area (Å²) in [5, 5.41) is 6.45. The number of furan rings is 1. The van der Waals surface area contributed by atoms with Gasteiger partial charge >= 0.3 is 0 Å². The Morgan fingerprint density at radius 3 is 3.00 bits per heavy atom. The third-order valence-electron chi connectivity index (χ3n) is 3.81. The number of carbonyl (C=O) groups is 1. The maximum atomic E-state index is 12.5. The quantitative estimate of drug-likeness (QED) is 0.849. The van der Waals surface area contributed by atoms with Crippen LogP contribution in [0.25, 0.3) is 11.1 Å². The summed E-state index contributed by atoms with van der Waals surface area (Å²) in [7, 11) is 1.60. The number of nitrogens with zero attached hydrogens (tertiary/aromatic N) is 2. The van der Waals surface area contributed by atoms with Crippen LogP contribution in [-0.4, -0.2) is 34.6 Å². The van der Waals surface area contributed by atoms with Gasteiger partial charge in [0.15, 0.2) is 0 Å². The topological polar surface area (TPSA) is 89.2 Å². The Hall–Kier alpha value is -1.86. The molecule has 1 aliphatic rings. The van der Waals surface area contributed by atoms with E-state index < -0.39 is 0 Å². The minimum absolute atomic E-state index is 0. The highest BCUT2D eigenvalue weighted by Crippen LogP contribution is 2.21. The minimum Gasteiger partial charge on any atom is -0.442 e. The largest absolute Gasteiger partial charge is 0.442 e. The molecule has 2 aromatic heterocycles. The number of carbonyl (C=O) groups excluding carboxylic acids is 1. The molecule has 0 saturated carbocycles. The van der Waals surface area contributed by atoms with Gasteiger partial charge in [-0.25, -0.2) is 4.98 Å². The van der Waals surface area contributed by atoms with Gasteiger partial charge < -0.3 is 19.6 Å². The van der Waals surface area contributed by atoms with Crippen molar-refractivity contribution in [2.24, 2.45) is 7.05 Å². The zero-order valence-corrected chi connectivity index (χ0v) is 13.3. The van der Waals surface area contributed by atoms with Gasteiger partial charge in [0.1, 0.15) is 17.5 Å². The van der Waals surface area contributed by atoms with Crippen LogP contribution < -0.4 is 16.2 Å². The zero-order valence-electron chi connectivity index (χ0n) is 12.5. The number of amides is 1. The number of hydrogen-bond donors (Lipinski definition) is 2. The highest BCUT2D eigenvalue weighted by atomic mass is 35.5. The molecule has 1 aliphatic heterocycles. The molecule has 0 spiro atoms. The highest BCUT2D eigenvalue weighted by Gasteiger charge is 2.24. The molecule has 2 aromatic rings. The van der Waals surface area contributed by atoms with Gasteiger partial charge in [-0.05, 0) is 26.3 Å². The SMILES string of the molecule is Cc1oc2ncn(C)c(=O)c2c1C(=O)N[C@H]1CCCNC1.Cl. The first-order chi connectivity index (χ1) is 10.1. The normalized spacial score (nSPS) is 18.0. The van der Waals surface area contributed by atoms with E-state index in [2.05, 4.69) is 15.6 Å². The van der Waals surface area contributed by atoms with Crippen molar-refractivity contribution in [1.29, 1.82) is 0 Å². The Morgan fingerprint density at radius 1 is 1.55 bits per heavy atom. The van der Waals surface area contributed by atoms with Crippen LogP contribution in [0.1, 0.15) is 29.0 Å². The number of rotatable bonds is 2. The highest BCUT2D eigenvalue weighted by molar-refractivity contribution is 6.06. The van der Waals surface area contributed by atoms with Crippen LogP contribution in [0, 0.1) is 6.92 Å². The van der Waals surface area contributed by atoms with Gasteiger partial charge in [-0.2, -0.15) is 0 Å². The van der Waals surface area contributed by atoms with Gasteiger partial charge in [0.2, 0.25) is 5.71 Å². The monoisotopic (exact) mass is 326 g/mol. The van der Waals surface area contributed by atoms with E-state index in [0.29, 0.717) is 11.3 Å². The third-order valence-corrected chi connectivity index (χ3v) is 3.81. The fraction of sp³-hybridized carbons (Fsp3) is 0.500. The number of piperidine rings is 1. The van der Waals surface area contributed by atoms with Crippen molar-refractivity contribution in [3.05, 3.63) is 28.0 Å². The van der Waals surface area contributed by atoms with Crippen molar-refractivity contribution >= 4 is 29.4 Å². The summed E-state index contributed by atoms with van der Waals surface area (Å²) in [6.45, 7) is 3.40. The number of aromatic nitrogens is 2. The van der Waals surface area contributed by atoms with E-state index in [-0.39, 0.29) is 41.0 Å². The lowest BCUT2D eigenvalue weighted by molar-refractivity contribution is 0.0930. The summed E-state index contributed by atoms with van der Waals surface area (Å²) >= 11 is 0. The zero-order chi connectivity index (χ0) is 15.0. The van der Waals surface area contributed by atoms with E-state index >= 15 is 0 Å². The molecular weight excluding hydrogens is 308 g/mol. The van der Waals surface area contributed by atoms with E-state index in [0.717, 1.165) is 25.9 Å². The number of fused-ring (bicyclic) bond motifs is 1. The number of hydrogen-bond acceptors (Lipinski definition) is 5. The second-order valence-electron chi connectivity index (χ2n) is 5.39. The Bertz CT molecular complexity index is 746. The Labute approximate surface area is 133 Å². The standard InChI is InChI=1S/C14H18N4O3.ClH/c1-8-10(12(19)17-9-4-3-5-15-6-9)11-13(21-8)16-7-18(2)14(11)20;/h7,9,15H,3-6H2,1-2H3,(H,17,19);1H/t9-;/m0./s1. The van der Waals surface area contributed by atoms with Crippen LogP contribution in [0.5, 0.6) is 0 Å². The average Bonchev–Trinajstić information content (AvgIpc) is 2.81. The lowest BCUT2D eigenvalue weighted by Crippen LogP contribution is -2.45. The van der Waals surface area contributed by atoms with Crippen molar-refractivity contribution in [3.8, 4) is 0 Å². The molecule has 0 bridgehead atoms. The molecule has 0 aliphatic carbocycles. The molecule has 8 heteroatoms. The van der Waals surface area contributed by atoms with Gasteiger partial charge in [-0.15, -0.1) is 12.4 Å². The molecule has 7 nitrogen and oxygen atoms in total. The van der Waals surface area contributed by atoms with Crippen molar-refractivity contribution in [3.63, 3.8) is 0 Å². The molecule has 1 fully saturated rings. The molecule has 1 saturated heterocycles. The van der Waals surface area contributed by atoms with Crippen molar-refractivity contribution < 1.29 is 9.21 Å². The summed E-state index contributed by atoms with van der Waals surface area (Å²) in [5.74, 6) is 0.145. The maximum absolute atomic E-state index is 12.5. The van der Waals surface area contributed by atoms with Crippen molar-refractivity contribution in [2.75, 3.05) is 13.1 Å².